The van der Waals surface area contributed by atoms with Crippen molar-refractivity contribution in [3.05, 3.63) is 34.9 Å². The minimum atomic E-state index is -0.687. The normalized spacial score (nSPS) is 25.3. The van der Waals surface area contributed by atoms with Gasteiger partial charge in [0.1, 0.15) is 5.60 Å². The molecule has 1 saturated heterocycles. The van der Waals surface area contributed by atoms with Gasteiger partial charge in [-0.3, -0.25) is 0 Å². The van der Waals surface area contributed by atoms with Crippen LogP contribution >= 0.6 is 0 Å². The van der Waals surface area contributed by atoms with Crippen molar-refractivity contribution < 1.29 is 9.84 Å². The van der Waals surface area contributed by atoms with Gasteiger partial charge in [0, 0.05) is 25.6 Å². The fourth-order valence-corrected chi connectivity index (χ4v) is 2.46. The fraction of sp³-hybridized carbons (Fsp3) is 0.600. The molecule has 2 atom stereocenters. The Morgan fingerprint density at radius 1 is 1.33 bits per heavy atom. The Balaban J connectivity index is 1.96. The molecule has 1 aromatic rings. The largest absolute Gasteiger partial charge is 0.386 e. The number of benzene rings is 1. The second kappa shape index (κ2) is 5.39. The van der Waals surface area contributed by atoms with Crippen molar-refractivity contribution in [2.24, 2.45) is 0 Å². The monoisotopic (exact) mass is 249 g/mol. The Bertz CT molecular complexity index is 391. The van der Waals surface area contributed by atoms with E-state index in [1.807, 2.05) is 0 Å². The number of hydrogen-bond acceptors (Lipinski definition) is 3. The van der Waals surface area contributed by atoms with Crippen molar-refractivity contribution in [1.29, 1.82) is 0 Å². The van der Waals surface area contributed by atoms with Gasteiger partial charge in [-0.2, -0.15) is 0 Å². The van der Waals surface area contributed by atoms with Crippen LogP contribution in [0.4, 0.5) is 0 Å². The summed E-state index contributed by atoms with van der Waals surface area (Å²) in [6.45, 7) is 8.05. The first-order chi connectivity index (χ1) is 8.48. The van der Waals surface area contributed by atoms with Crippen LogP contribution in [0.1, 0.15) is 36.1 Å². The van der Waals surface area contributed by atoms with E-state index in [1.165, 1.54) is 16.7 Å². The molecular weight excluding hydrogens is 226 g/mol. The molecular formula is C15H23NO2. The molecule has 3 nitrogen and oxygen atoms in total. The lowest BCUT2D eigenvalue weighted by Crippen LogP contribution is -2.41. The fourth-order valence-electron chi connectivity index (χ4n) is 2.46. The summed E-state index contributed by atoms with van der Waals surface area (Å²) in [5.41, 5.74) is 3.14. The summed E-state index contributed by atoms with van der Waals surface area (Å²) in [6.07, 6.45) is 0.722. The summed E-state index contributed by atoms with van der Waals surface area (Å²) in [7, 11) is 0. The van der Waals surface area contributed by atoms with Crippen LogP contribution in [0.3, 0.4) is 0 Å². The highest BCUT2D eigenvalue weighted by Gasteiger charge is 2.32. The van der Waals surface area contributed by atoms with Crippen LogP contribution in [-0.4, -0.2) is 30.5 Å². The molecule has 2 rings (SSSR count). The maximum absolute atomic E-state index is 10.2. The first-order valence-electron chi connectivity index (χ1n) is 6.60. The zero-order valence-electron chi connectivity index (χ0n) is 11.5. The summed E-state index contributed by atoms with van der Waals surface area (Å²) >= 11 is 0. The molecule has 0 radical (unpaired) electrons. The van der Waals surface area contributed by atoms with Gasteiger partial charge < -0.3 is 15.2 Å². The molecule has 2 N–H and O–H groups in total. The Kier molecular flexibility index (Phi) is 4.05. The average molecular weight is 249 g/mol. The second-order valence-corrected chi connectivity index (χ2v) is 5.55. The van der Waals surface area contributed by atoms with Crippen molar-refractivity contribution >= 4 is 0 Å². The van der Waals surface area contributed by atoms with E-state index in [2.05, 4.69) is 44.3 Å². The van der Waals surface area contributed by atoms with Crippen LogP contribution < -0.4 is 5.32 Å². The number of ether oxygens (including phenoxy) is 1. The Morgan fingerprint density at radius 2 is 2.00 bits per heavy atom. The predicted octanol–water partition coefficient (Wildman–Crippen LogP) is 2.11. The third kappa shape index (κ3) is 3.31. The van der Waals surface area contributed by atoms with Gasteiger partial charge in [-0.25, -0.2) is 0 Å². The zero-order chi connectivity index (χ0) is 13.2. The third-order valence-corrected chi connectivity index (χ3v) is 3.56. The molecule has 18 heavy (non-hydrogen) atoms. The molecule has 1 aliphatic heterocycles. The maximum atomic E-state index is 10.2. The molecule has 1 heterocycles. The molecule has 0 saturated carbocycles. The smallest absolute Gasteiger partial charge is 0.103 e. The van der Waals surface area contributed by atoms with Gasteiger partial charge in [-0.05, 0) is 26.3 Å². The van der Waals surface area contributed by atoms with Gasteiger partial charge in [-0.15, -0.1) is 0 Å². The molecule has 0 amide bonds. The van der Waals surface area contributed by atoms with Crippen molar-refractivity contribution in [3.63, 3.8) is 0 Å². The average Bonchev–Trinajstić information content (AvgIpc) is 2.72. The first kappa shape index (κ1) is 13.5. The number of aliphatic hydroxyl groups is 1. The quantitative estimate of drug-likeness (QED) is 0.858. The van der Waals surface area contributed by atoms with Crippen molar-refractivity contribution in [3.8, 4) is 0 Å². The highest BCUT2D eigenvalue weighted by molar-refractivity contribution is 5.30. The van der Waals surface area contributed by atoms with E-state index in [-0.39, 0.29) is 6.04 Å². The SMILES string of the molecule is Cc1cc(C)cc(C(C)NCC2(O)CCOC2)c1. The molecule has 0 aliphatic carbocycles. The molecule has 1 fully saturated rings. The molecule has 2 unspecified atom stereocenters. The molecule has 0 spiro atoms. The highest BCUT2D eigenvalue weighted by atomic mass is 16.5. The van der Waals surface area contributed by atoms with Gasteiger partial charge in [0.15, 0.2) is 0 Å². The second-order valence-electron chi connectivity index (χ2n) is 5.55. The van der Waals surface area contributed by atoms with Crippen LogP contribution in [0.25, 0.3) is 0 Å². The van der Waals surface area contributed by atoms with E-state index >= 15 is 0 Å². The lowest BCUT2D eigenvalue weighted by molar-refractivity contribution is 0.0252. The van der Waals surface area contributed by atoms with E-state index in [1.54, 1.807) is 0 Å². The van der Waals surface area contributed by atoms with E-state index in [0.29, 0.717) is 19.8 Å². The summed E-state index contributed by atoms with van der Waals surface area (Å²) in [6, 6.07) is 6.81. The number of rotatable bonds is 4. The van der Waals surface area contributed by atoms with Crippen LogP contribution in [0.15, 0.2) is 18.2 Å². The van der Waals surface area contributed by atoms with Gasteiger partial charge in [0.25, 0.3) is 0 Å². The molecule has 1 aromatic carbocycles. The summed E-state index contributed by atoms with van der Waals surface area (Å²) < 4.78 is 5.25. The Morgan fingerprint density at radius 3 is 2.56 bits per heavy atom. The maximum Gasteiger partial charge on any atom is 0.103 e. The van der Waals surface area contributed by atoms with Crippen molar-refractivity contribution in [1.82, 2.24) is 5.32 Å². The predicted molar refractivity (Wildman–Crippen MR) is 72.7 cm³/mol. The summed E-state index contributed by atoms with van der Waals surface area (Å²) in [5.74, 6) is 0. The summed E-state index contributed by atoms with van der Waals surface area (Å²) in [4.78, 5) is 0. The van der Waals surface area contributed by atoms with E-state index < -0.39 is 5.60 Å². The van der Waals surface area contributed by atoms with E-state index in [4.69, 9.17) is 4.74 Å². The van der Waals surface area contributed by atoms with Gasteiger partial charge in [0.05, 0.1) is 6.61 Å². The lowest BCUT2D eigenvalue weighted by Gasteiger charge is -2.24. The topological polar surface area (TPSA) is 41.5 Å². The Hall–Kier alpha value is -0.900. The van der Waals surface area contributed by atoms with Crippen LogP contribution in [0, 0.1) is 13.8 Å². The standard InChI is InChI=1S/C15H23NO2/c1-11-6-12(2)8-14(7-11)13(3)16-9-15(17)4-5-18-10-15/h6-8,13,16-17H,4-5,9-10H2,1-3H3. The van der Waals surface area contributed by atoms with E-state index in [0.717, 1.165) is 6.42 Å². The van der Waals surface area contributed by atoms with Crippen LogP contribution in [-0.2, 0) is 4.74 Å². The van der Waals surface area contributed by atoms with Crippen molar-refractivity contribution in [2.45, 2.75) is 38.8 Å². The number of hydrogen-bond donors (Lipinski definition) is 2. The lowest BCUT2D eigenvalue weighted by atomic mass is 10.00. The molecule has 0 bridgehead atoms. The number of aryl methyl sites for hydroxylation is 2. The summed E-state index contributed by atoms with van der Waals surface area (Å²) in [5, 5.41) is 13.6. The molecule has 100 valence electrons. The zero-order valence-corrected chi connectivity index (χ0v) is 11.5. The van der Waals surface area contributed by atoms with E-state index in [9.17, 15) is 5.11 Å². The van der Waals surface area contributed by atoms with Crippen LogP contribution in [0.5, 0.6) is 0 Å². The molecule has 1 aliphatic rings. The molecule has 0 aromatic heterocycles. The third-order valence-electron chi connectivity index (χ3n) is 3.56. The molecule has 3 heteroatoms. The van der Waals surface area contributed by atoms with Crippen LogP contribution in [0.2, 0.25) is 0 Å². The Labute approximate surface area is 109 Å². The van der Waals surface area contributed by atoms with Gasteiger partial charge >= 0.3 is 0 Å². The minimum Gasteiger partial charge on any atom is -0.386 e. The highest BCUT2D eigenvalue weighted by Crippen LogP contribution is 2.20. The van der Waals surface area contributed by atoms with Gasteiger partial charge in [-0.1, -0.05) is 29.3 Å². The van der Waals surface area contributed by atoms with Crippen molar-refractivity contribution in [2.75, 3.05) is 19.8 Å². The minimum absolute atomic E-state index is 0.244. The number of nitrogens with one attached hydrogen (secondary N) is 1. The first-order valence-corrected chi connectivity index (χ1v) is 6.60. The van der Waals surface area contributed by atoms with Gasteiger partial charge in [0.2, 0.25) is 0 Å².